The number of benzene rings is 3. The molecule has 0 N–H and O–H groups in total. The molecule has 156 valence electrons. The lowest BCUT2D eigenvalue weighted by Gasteiger charge is -2.08. The van der Waals surface area contributed by atoms with Crippen LogP contribution in [0.2, 0.25) is 0 Å². The number of hydrogen-bond donors (Lipinski definition) is 0. The summed E-state index contributed by atoms with van der Waals surface area (Å²) in [5, 5.41) is 0. The van der Waals surface area contributed by atoms with Crippen LogP contribution in [0, 0.1) is 0 Å². The maximum Gasteiger partial charge on any atom is 0.373 e. The number of nitrogens with zero attached hydrogens (tertiary/aromatic N) is 1. The maximum absolute atomic E-state index is 8.12. The summed E-state index contributed by atoms with van der Waals surface area (Å²) in [5.41, 5.74) is 3.74. The highest BCUT2D eigenvalue weighted by Gasteiger charge is 2.19. The van der Waals surface area contributed by atoms with Crippen LogP contribution in [-0.2, 0) is 9.59 Å². The summed E-state index contributed by atoms with van der Waals surface area (Å²) in [6.45, 7) is 2.84. The van der Waals surface area contributed by atoms with E-state index in [0.717, 1.165) is 46.7 Å². The molecule has 0 radical (unpaired) electrons. The molecule has 0 unspecified atom stereocenters. The van der Waals surface area contributed by atoms with Crippen LogP contribution in [-0.4, -0.2) is 17.7 Å². The molecule has 5 nitrogen and oxygen atoms in total. The molecule has 1 heterocycles. The van der Waals surface area contributed by atoms with E-state index in [1.807, 2.05) is 72.8 Å². The van der Waals surface area contributed by atoms with Gasteiger partial charge in [0.1, 0.15) is 11.4 Å². The Morgan fingerprint density at radius 1 is 0.839 bits per heavy atom. The monoisotopic (exact) mass is 413 g/mol. The molecular formula is C26H23NO4. The third-order valence-corrected chi connectivity index (χ3v) is 4.58. The molecule has 31 heavy (non-hydrogen) atoms. The predicted octanol–water partition coefficient (Wildman–Crippen LogP) is 6.27. The van der Waals surface area contributed by atoms with E-state index in [9.17, 15) is 0 Å². The van der Waals surface area contributed by atoms with Gasteiger partial charge in [0.25, 0.3) is 0 Å². The first kappa shape index (κ1) is 21.8. The van der Waals surface area contributed by atoms with Gasteiger partial charge < -0.3 is 9.15 Å². The van der Waals surface area contributed by atoms with Gasteiger partial charge in [0.05, 0.1) is 12.2 Å². The number of rotatable bonds is 7. The first-order chi connectivity index (χ1) is 15.3. The Morgan fingerprint density at radius 2 is 1.42 bits per heavy atom. The molecule has 0 aliphatic rings. The molecule has 3 aromatic carbocycles. The lowest BCUT2D eigenvalue weighted by atomic mass is 10.1. The molecule has 0 spiro atoms. The van der Waals surface area contributed by atoms with E-state index in [1.165, 1.54) is 0 Å². The summed E-state index contributed by atoms with van der Waals surface area (Å²) in [4.78, 5) is 21.1. The number of ether oxygens (including phenoxy) is 1. The minimum Gasteiger partial charge on any atom is -0.493 e. The fourth-order valence-corrected chi connectivity index (χ4v) is 3.11. The van der Waals surface area contributed by atoms with Gasteiger partial charge in [-0.3, -0.25) is 0 Å². The molecule has 5 heteroatoms. The van der Waals surface area contributed by atoms with Crippen molar-refractivity contribution in [3.8, 4) is 39.8 Å². The van der Waals surface area contributed by atoms with Crippen LogP contribution in [0.4, 0.5) is 0 Å². The van der Waals surface area contributed by atoms with Crippen molar-refractivity contribution in [2.45, 2.75) is 19.8 Å². The molecule has 0 amide bonds. The highest BCUT2D eigenvalue weighted by Crippen LogP contribution is 2.38. The molecule has 0 saturated heterocycles. The van der Waals surface area contributed by atoms with Gasteiger partial charge in [0, 0.05) is 11.1 Å². The summed E-state index contributed by atoms with van der Waals surface area (Å²) >= 11 is 0. The summed E-state index contributed by atoms with van der Waals surface area (Å²) < 4.78 is 12.3. The van der Waals surface area contributed by atoms with Crippen molar-refractivity contribution in [2.24, 2.45) is 0 Å². The van der Waals surface area contributed by atoms with Crippen molar-refractivity contribution >= 4 is 6.15 Å². The Balaban J connectivity index is 0.000000858. The normalized spacial score (nSPS) is 9.97. The van der Waals surface area contributed by atoms with Crippen molar-refractivity contribution in [1.29, 1.82) is 0 Å². The first-order valence-corrected chi connectivity index (χ1v) is 10.1. The van der Waals surface area contributed by atoms with Gasteiger partial charge in [-0.2, -0.15) is 9.59 Å². The molecular weight excluding hydrogens is 390 g/mol. The molecule has 0 bridgehead atoms. The highest BCUT2D eigenvalue weighted by atomic mass is 16.5. The molecule has 0 fully saturated rings. The molecule has 0 saturated carbocycles. The fraction of sp³-hybridized carbons (Fsp3) is 0.154. The lowest BCUT2D eigenvalue weighted by molar-refractivity contribution is -0.191. The number of hydrogen-bond acceptors (Lipinski definition) is 5. The Kier molecular flexibility index (Phi) is 7.92. The van der Waals surface area contributed by atoms with Gasteiger partial charge in [-0.05, 0) is 18.6 Å². The minimum absolute atomic E-state index is 0.250. The average molecular weight is 413 g/mol. The number of oxazole rings is 1. The van der Waals surface area contributed by atoms with E-state index in [0.29, 0.717) is 12.5 Å². The molecule has 0 aliphatic heterocycles. The smallest absolute Gasteiger partial charge is 0.373 e. The fourth-order valence-electron chi connectivity index (χ4n) is 3.11. The van der Waals surface area contributed by atoms with Crippen LogP contribution < -0.4 is 4.74 Å². The van der Waals surface area contributed by atoms with E-state index in [-0.39, 0.29) is 6.15 Å². The molecule has 0 aliphatic carbocycles. The highest BCUT2D eigenvalue weighted by molar-refractivity contribution is 5.79. The maximum atomic E-state index is 8.12. The summed E-state index contributed by atoms with van der Waals surface area (Å²) in [6, 6.07) is 28.2. The first-order valence-electron chi connectivity index (χ1n) is 10.1. The average Bonchev–Trinajstić information content (AvgIpc) is 3.27. The van der Waals surface area contributed by atoms with E-state index in [2.05, 4.69) is 19.1 Å². The molecule has 0 atom stereocenters. The number of unbranched alkanes of at least 4 members (excludes halogenated alkanes) is 1. The Morgan fingerprint density at radius 3 is 2.06 bits per heavy atom. The zero-order valence-corrected chi connectivity index (χ0v) is 17.3. The Hall–Kier alpha value is -3.95. The number of carbonyl (C=O) groups excluding carboxylic acids is 2. The minimum atomic E-state index is 0.250. The van der Waals surface area contributed by atoms with Crippen molar-refractivity contribution in [3.63, 3.8) is 0 Å². The van der Waals surface area contributed by atoms with Gasteiger partial charge in [0.2, 0.25) is 5.89 Å². The van der Waals surface area contributed by atoms with E-state index in [4.69, 9.17) is 23.7 Å². The van der Waals surface area contributed by atoms with Crippen molar-refractivity contribution in [3.05, 3.63) is 84.9 Å². The summed E-state index contributed by atoms with van der Waals surface area (Å²) in [5.74, 6) is 2.14. The van der Waals surface area contributed by atoms with E-state index < -0.39 is 0 Å². The predicted molar refractivity (Wildman–Crippen MR) is 118 cm³/mol. The third-order valence-electron chi connectivity index (χ3n) is 4.58. The third kappa shape index (κ3) is 5.56. The lowest BCUT2D eigenvalue weighted by Crippen LogP contribution is -1.98. The SMILES string of the molecule is CCCCOc1ccccc1-c1nc(-c2ccccc2)c(-c2ccccc2)o1.O=C=O. The number of aromatic nitrogens is 1. The second-order valence-electron chi connectivity index (χ2n) is 6.71. The second-order valence-corrected chi connectivity index (χ2v) is 6.71. The second kappa shape index (κ2) is 11.3. The largest absolute Gasteiger partial charge is 0.493 e. The van der Waals surface area contributed by atoms with Crippen molar-refractivity contribution < 1.29 is 18.7 Å². The molecule has 1 aromatic heterocycles. The topological polar surface area (TPSA) is 69.4 Å². The van der Waals surface area contributed by atoms with Gasteiger partial charge in [-0.15, -0.1) is 0 Å². The molecule has 4 aromatic rings. The van der Waals surface area contributed by atoms with Crippen LogP contribution in [0.5, 0.6) is 5.75 Å². The van der Waals surface area contributed by atoms with Gasteiger partial charge in [0.15, 0.2) is 5.76 Å². The van der Waals surface area contributed by atoms with Crippen molar-refractivity contribution in [1.82, 2.24) is 4.98 Å². The quantitative estimate of drug-likeness (QED) is 0.334. The number of para-hydroxylation sites is 1. The van der Waals surface area contributed by atoms with Gasteiger partial charge >= 0.3 is 6.15 Å². The van der Waals surface area contributed by atoms with Gasteiger partial charge in [-0.1, -0.05) is 86.1 Å². The zero-order chi connectivity index (χ0) is 21.9. The standard InChI is InChI=1S/C25H23NO2.CO2/c1-2-3-18-27-22-17-11-10-16-21(22)25-26-23(19-12-6-4-7-13-19)24(28-25)20-14-8-5-9-15-20;2-1-3/h4-17H,2-3,18H2,1H3;. The zero-order valence-electron chi connectivity index (χ0n) is 17.3. The van der Waals surface area contributed by atoms with Gasteiger partial charge in [-0.25, -0.2) is 4.98 Å². The van der Waals surface area contributed by atoms with E-state index in [1.54, 1.807) is 0 Å². The van der Waals surface area contributed by atoms with Crippen molar-refractivity contribution in [2.75, 3.05) is 6.61 Å². The van der Waals surface area contributed by atoms with Crippen LogP contribution in [0.1, 0.15) is 19.8 Å². The van der Waals surface area contributed by atoms with Crippen LogP contribution in [0.25, 0.3) is 34.0 Å². The summed E-state index contributed by atoms with van der Waals surface area (Å²) in [6.07, 6.45) is 2.36. The Labute approximate surface area is 181 Å². The van der Waals surface area contributed by atoms with Crippen LogP contribution in [0.15, 0.2) is 89.3 Å². The summed E-state index contributed by atoms with van der Waals surface area (Å²) in [7, 11) is 0. The van der Waals surface area contributed by atoms with E-state index >= 15 is 0 Å². The van der Waals surface area contributed by atoms with Crippen LogP contribution >= 0.6 is 0 Å². The van der Waals surface area contributed by atoms with Crippen LogP contribution in [0.3, 0.4) is 0 Å². The molecule has 4 rings (SSSR count). The Bertz CT molecular complexity index is 1060.